The second-order valence-corrected chi connectivity index (χ2v) is 6.48. The predicted molar refractivity (Wildman–Crippen MR) is 82.9 cm³/mol. The number of hydrogen-bond donors (Lipinski definition) is 3. The van der Waals surface area contributed by atoms with Gasteiger partial charge >= 0.3 is 0 Å². The fraction of sp³-hybridized carbons (Fsp3) is 0.643. The first-order valence-corrected chi connectivity index (χ1v) is 8.32. The lowest BCUT2D eigenvalue weighted by Crippen LogP contribution is -2.43. The number of amides is 1. The minimum absolute atomic E-state index is 0.0309. The van der Waals surface area contributed by atoms with Crippen LogP contribution >= 0.6 is 11.8 Å². The maximum Gasteiger partial charge on any atom is 0.264 e. The van der Waals surface area contributed by atoms with E-state index in [1.165, 1.54) is 11.8 Å². The molecule has 1 aromatic heterocycles. The largest absolute Gasteiger partial charge is 0.395 e. The topological polar surface area (TPSA) is 95.1 Å². The van der Waals surface area contributed by atoms with Crippen LogP contribution in [0, 0.1) is 6.92 Å². The van der Waals surface area contributed by atoms with E-state index in [-0.39, 0.29) is 29.0 Å². The third kappa shape index (κ3) is 3.65. The number of aromatic nitrogens is 2. The van der Waals surface area contributed by atoms with Crippen molar-refractivity contribution in [2.75, 3.05) is 12.9 Å². The quantitative estimate of drug-likeness (QED) is 0.722. The number of carbonyl (C=O) groups excluding carboxylic acids is 1. The van der Waals surface area contributed by atoms with Gasteiger partial charge in [0.1, 0.15) is 11.4 Å². The lowest BCUT2D eigenvalue weighted by Gasteiger charge is -2.21. The summed E-state index contributed by atoms with van der Waals surface area (Å²) < 4.78 is 0. The van der Waals surface area contributed by atoms with Gasteiger partial charge in [0.05, 0.1) is 12.3 Å². The standard InChI is InChI=1S/C14H21N3O3S/c1-7(10(6-18)21-3)16-13(19)11-8(2)15-12(9-4-5-9)17-14(11)20/h7,9-10,18H,4-6H2,1-3H3,(H,16,19)(H,15,17,20). The van der Waals surface area contributed by atoms with Gasteiger partial charge in [-0.05, 0) is 32.9 Å². The van der Waals surface area contributed by atoms with Gasteiger partial charge in [-0.1, -0.05) is 0 Å². The zero-order valence-electron chi connectivity index (χ0n) is 12.5. The highest BCUT2D eigenvalue weighted by Crippen LogP contribution is 2.37. The molecule has 7 heteroatoms. The summed E-state index contributed by atoms with van der Waals surface area (Å²) in [5.41, 5.74) is 0.123. The van der Waals surface area contributed by atoms with Crippen LogP contribution in [0.3, 0.4) is 0 Å². The molecule has 3 N–H and O–H groups in total. The van der Waals surface area contributed by atoms with Gasteiger partial charge in [-0.15, -0.1) is 0 Å². The van der Waals surface area contributed by atoms with Gasteiger partial charge < -0.3 is 15.4 Å². The van der Waals surface area contributed by atoms with E-state index in [1.54, 1.807) is 6.92 Å². The summed E-state index contributed by atoms with van der Waals surface area (Å²) in [7, 11) is 0. The van der Waals surface area contributed by atoms with Gasteiger partial charge in [0, 0.05) is 17.2 Å². The second-order valence-electron chi connectivity index (χ2n) is 5.40. The van der Waals surface area contributed by atoms with E-state index < -0.39 is 5.91 Å². The molecule has 0 radical (unpaired) electrons. The Bertz CT molecular complexity index is 579. The third-order valence-electron chi connectivity index (χ3n) is 3.71. The summed E-state index contributed by atoms with van der Waals surface area (Å²) in [5, 5.41) is 11.9. The first-order chi connectivity index (χ1) is 9.97. The number of rotatable bonds is 6. The zero-order valence-corrected chi connectivity index (χ0v) is 13.3. The van der Waals surface area contributed by atoms with Crippen LogP contribution in [0.25, 0.3) is 0 Å². The van der Waals surface area contributed by atoms with Gasteiger partial charge in [0.2, 0.25) is 0 Å². The van der Waals surface area contributed by atoms with E-state index in [1.807, 2.05) is 13.2 Å². The average molecular weight is 311 g/mol. The molecule has 0 aromatic carbocycles. The number of nitrogens with zero attached hydrogens (tertiary/aromatic N) is 1. The number of aliphatic hydroxyl groups is 1. The molecule has 6 nitrogen and oxygen atoms in total. The number of aromatic amines is 1. The number of aliphatic hydroxyl groups excluding tert-OH is 1. The highest BCUT2D eigenvalue weighted by atomic mass is 32.2. The Morgan fingerprint density at radius 1 is 1.57 bits per heavy atom. The molecule has 0 bridgehead atoms. The summed E-state index contributed by atoms with van der Waals surface area (Å²) in [6, 6.07) is -0.237. The van der Waals surface area contributed by atoms with E-state index in [4.69, 9.17) is 0 Å². The van der Waals surface area contributed by atoms with E-state index in [0.717, 1.165) is 12.8 Å². The van der Waals surface area contributed by atoms with Crippen LogP contribution in [0.5, 0.6) is 0 Å². The van der Waals surface area contributed by atoms with Crippen molar-refractivity contribution in [3.63, 3.8) is 0 Å². The Labute approximate surface area is 127 Å². The molecule has 1 heterocycles. The van der Waals surface area contributed by atoms with Crippen molar-refractivity contribution >= 4 is 17.7 Å². The smallest absolute Gasteiger partial charge is 0.264 e. The number of thioether (sulfide) groups is 1. The monoisotopic (exact) mass is 311 g/mol. The van der Waals surface area contributed by atoms with Crippen molar-refractivity contribution in [1.82, 2.24) is 15.3 Å². The summed E-state index contributed by atoms with van der Waals surface area (Å²) in [6.07, 6.45) is 3.95. The minimum Gasteiger partial charge on any atom is -0.395 e. The van der Waals surface area contributed by atoms with Crippen LogP contribution in [0.4, 0.5) is 0 Å². The molecule has 1 amide bonds. The average Bonchev–Trinajstić information content (AvgIpc) is 3.23. The van der Waals surface area contributed by atoms with Crippen molar-refractivity contribution in [2.24, 2.45) is 0 Å². The molecule has 21 heavy (non-hydrogen) atoms. The fourth-order valence-corrected chi connectivity index (χ4v) is 2.86. The van der Waals surface area contributed by atoms with Gasteiger partial charge in [-0.25, -0.2) is 4.98 Å². The third-order valence-corrected chi connectivity index (χ3v) is 4.87. The molecule has 0 spiro atoms. The predicted octanol–water partition coefficient (Wildman–Crippen LogP) is 0.798. The molecule has 0 saturated heterocycles. The highest BCUT2D eigenvalue weighted by molar-refractivity contribution is 7.99. The van der Waals surface area contributed by atoms with E-state index >= 15 is 0 Å². The number of carbonyl (C=O) groups is 1. The summed E-state index contributed by atoms with van der Waals surface area (Å²) >= 11 is 1.47. The SMILES string of the molecule is CSC(CO)C(C)NC(=O)c1c(C)nc(C2CC2)[nH]c1=O. The number of nitrogens with one attached hydrogen (secondary N) is 2. The Kier molecular flexibility index (Phi) is 5.05. The molecule has 1 fully saturated rings. The van der Waals surface area contributed by atoms with Crippen LogP contribution in [-0.4, -0.2) is 45.1 Å². The van der Waals surface area contributed by atoms with Crippen LogP contribution < -0.4 is 10.9 Å². The maximum atomic E-state index is 12.3. The second kappa shape index (κ2) is 6.62. The van der Waals surface area contributed by atoms with Crippen molar-refractivity contribution in [2.45, 2.75) is 43.9 Å². The molecule has 2 atom stereocenters. The van der Waals surface area contributed by atoms with Crippen molar-refractivity contribution in [3.05, 3.63) is 27.4 Å². The Morgan fingerprint density at radius 2 is 2.24 bits per heavy atom. The van der Waals surface area contributed by atoms with Gasteiger partial charge in [-0.3, -0.25) is 9.59 Å². The van der Waals surface area contributed by atoms with Gasteiger partial charge in [0.15, 0.2) is 0 Å². The molecule has 2 rings (SSSR count). The van der Waals surface area contributed by atoms with Crippen molar-refractivity contribution < 1.29 is 9.90 Å². The van der Waals surface area contributed by atoms with Gasteiger partial charge in [-0.2, -0.15) is 11.8 Å². The Hall–Kier alpha value is -1.34. The lowest BCUT2D eigenvalue weighted by molar-refractivity contribution is 0.0933. The number of hydrogen-bond acceptors (Lipinski definition) is 5. The molecular formula is C14H21N3O3S. The van der Waals surface area contributed by atoms with Crippen molar-refractivity contribution in [1.29, 1.82) is 0 Å². The van der Waals surface area contributed by atoms with Crippen molar-refractivity contribution in [3.8, 4) is 0 Å². The molecule has 1 aliphatic carbocycles. The summed E-state index contributed by atoms with van der Waals surface area (Å²) in [5.74, 6) is 0.575. The zero-order chi connectivity index (χ0) is 15.6. The first-order valence-electron chi connectivity index (χ1n) is 7.03. The normalized spacial score (nSPS) is 17.3. The van der Waals surface area contributed by atoms with Crippen LogP contribution in [0.15, 0.2) is 4.79 Å². The Balaban J connectivity index is 2.17. The molecule has 1 saturated carbocycles. The lowest BCUT2D eigenvalue weighted by atomic mass is 10.1. The van der Waals surface area contributed by atoms with Gasteiger partial charge in [0.25, 0.3) is 11.5 Å². The van der Waals surface area contributed by atoms with E-state index in [9.17, 15) is 14.7 Å². The molecule has 116 valence electrons. The molecule has 1 aromatic rings. The molecule has 1 aliphatic rings. The fourth-order valence-electron chi connectivity index (χ4n) is 2.23. The number of H-pyrrole nitrogens is 1. The van der Waals surface area contributed by atoms with Crippen LogP contribution in [0.2, 0.25) is 0 Å². The first kappa shape index (κ1) is 16.0. The summed E-state index contributed by atoms with van der Waals surface area (Å²) in [6.45, 7) is 3.46. The highest BCUT2D eigenvalue weighted by Gasteiger charge is 2.28. The Morgan fingerprint density at radius 3 is 2.71 bits per heavy atom. The molecule has 2 unspecified atom stereocenters. The molecular weight excluding hydrogens is 290 g/mol. The maximum absolute atomic E-state index is 12.3. The van der Waals surface area contributed by atoms with E-state index in [2.05, 4.69) is 15.3 Å². The molecule has 0 aliphatic heterocycles. The van der Waals surface area contributed by atoms with Crippen LogP contribution in [-0.2, 0) is 0 Å². The van der Waals surface area contributed by atoms with E-state index in [0.29, 0.717) is 17.4 Å². The number of aryl methyl sites for hydroxylation is 1. The van der Waals surface area contributed by atoms with Crippen LogP contribution in [0.1, 0.15) is 47.6 Å². The summed E-state index contributed by atoms with van der Waals surface area (Å²) in [4.78, 5) is 31.4. The minimum atomic E-state index is -0.441.